The van der Waals surface area contributed by atoms with Crippen LogP contribution in [0.2, 0.25) is 0 Å². The molecule has 1 amide bonds. The summed E-state index contributed by atoms with van der Waals surface area (Å²) in [5.74, 6) is 0.839. The summed E-state index contributed by atoms with van der Waals surface area (Å²) >= 11 is 0. The largest absolute Gasteiger partial charge is 0.480 e. The maximum atomic E-state index is 12.8. The lowest BCUT2D eigenvalue weighted by Gasteiger charge is -2.32. The molecule has 1 aliphatic heterocycles. The zero-order chi connectivity index (χ0) is 19.3. The molecule has 0 aliphatic carbocycles. The molecule has 1 saturated heterocycles. The predicted molar refractivity (Wildman–Crippen MR) is 105 cm³/mol. The molecule has 1 fully saturated rings. The first-order chi connectivity index (χ1) is 13.7. The third-order valence-corrected chi connectivity index (χ3v) is 5.15. The summed E-state index contributed by atoms with van der Waals surface area (Å²) in [5, 5.41) is 8.55. The highest BCUT2D eigenvalue weighted by Gasteiger charge is 2.26. The fraction of sp³-hybridized carbons (Fsp3) is 0.333. The molecule has 0 spiro atoms. The Hall–Kier alpha value is -3.22. The Balaban J connectivity index is 1.35. The number of carbonyl (C=O) groups excluding carboxylic acids is 1. The van der Waals surface area contributed by atoms with Crippen LogP contribution in [0.15, 0.2) is 54.9 Å². The van der Waals surface area contributed by atoms with Crippen molar-refractivity contribution in [2.45, 2.75) is 19.4 Å². The first kappa shape index (κ1) is 18.2. The van der Waals surface area contributed by atoms with Gasteiger partial charge in [-0.1, -0.05) is 35.5 Å². The van der Waals surface area contributed by atoms with Gasteiger partial charge in [0.05, 0.1) is 13.3 Å². The summed E-state index contributed by atoms with van der Waals surface area (Å²) < 4.78 is 7.13. The molecule has 0 unspecified atom stereocenters. The van der Waals surface area contributed by atoms with Gasteiger partial charge in [-0.3, -0.25) is 9.48 Å². The molecule has 3 heterocycles. The first-order valence-corrected chi connectivity index (χ1v) is 9.48. The number of methoxy groups -OCH3 is 1. The minimum absolute atomic E-state index is 0.0180. The first-order valence-electron chi connectivity index (χ1n) is 9.48. The van der Waals surface area contributed by atoms with E-state index in [1.54, 1.807) is 18.3 Å². The van der Waals surface area contributed by atoms with Gasteiger partial charge in [0.1, 0.15) is 11.3 Å². The van der Waals surface area contributed by atoms with Crippen molar-refractivity contribution >= 4 is 5.91 Å². The second kappa shape index (κ2) is 8.21. The standard InChI is InChI=1S/C21H23N5O2/c1-28-20-18(8-5-11-22-20)21(27)25-12-9-16(10-13-25)14-26-15-19(23-24-26)17-6-3-2-4-7-17/h2-8,11,15-16H,9-10,12-14H2,1H3. The summed E-state index contributed by atoms with van der Waals surface area (Å²) in [6, 6.07) is 13.6. The summed E-state index contributed by atoms with van der Waals surface area (Å²) in [6.45, 7) is 2.27. The van der Waals surface area contributed by atoms with Gasteiger partial charge in [0, 0.05) is 31.4 Å². The number of likely N-dealkylation sites (tertiary alicyclic amines) is 1. The molecule has 7 nitrogen and oxygen atoms in total. The minimum atomic E-state index is -0.0180. The molecule has 4 rings (SSSR count). The SMILES string of the molecule is COc1ncccc1C(=O)N1CCC(Cn2cc(-c3ccccc3)nn2)CC1. The van der Waals surface area contributed by atoms with E-state index in [0.29, 0.717) is 17.4 Å². The van der Waals surface area contributed by atoms with Gasteiger partial charge in [0.25, 0.3) is 5.91 Å². The number of benzene rings is 1. The molecule has 28 heavy (non-hydrogen) atoms. The predicted octanol–water partition coefficient (Wildman–Crippen LogP) is 2.90. The van der Waals surface area contributed by atoms with Crippen molar-refractivity contribution in [2.75, 3.05) is 20.2 Å². The average Bonchev–Trinajstić information content (AvgIpc) is 3.23. The molecule has 2 aromatic heterocycles. The second-order valence-corrected chi connectivity index (χ2v) is 6.99. The highest BCUT2D eigenvalue weighted by Crippen LogP contribution is 2.23. The van der Waals surface area contributed by atoms with Crippen LogP contribution >= 0.6 is 0 Å². The molecular weight excluding hydrogens is 354 g/mol. The third kappa shape index (κ3) is 3.88. The summed E-state index contributed by atoms with van der Waals surface area (Å²) in [7, 11) is 1.53. The highest BCUT2D eigenvalue weighted by atomic mass is 16.5. The Kier molecular flexibility index (Phi) is 5.32. The number of pyridine rings is 1. The normalized spacial score (nSPS) is 14.8. The smallest absolute Gasteiger partial charge is 0.259 e. The average molecular weight is 377 g/mol. The van der Waals surface area contributed by atoms with Crippen molar-refractivity contribution in [1.29, 1.82) is 0 Å². The number of nitrogens with zero attached hydrogens (tertiary/aromatic N) is 5. The van der Waals surface area contributed by atoms with E-state index in [4.69, 9.17) is 4.74 Å². The van der Waals surface area contributed by atoms with E-state index < -0.39 is 0 Å². The van der Waals surface area contributed by atoms with Crippen molar-refractivity contribution in [3.05, 3.63) is 60.4 Å². The molecule has 0 N–H and O–H groups in total. The number of aromatic nitrogens is 4. The Morgan fingerprint density at radius 3 is 2.68 bits per heavy atom. The van der Waals surface area contributed by atoms with Crippen molar-refractivity contribution in [3.63, 3.8) is 0 Å². The Bertz CT molecular complexity index is 933. The second-order valence-electron chi connectivity index (χ2n) is 6.99. The van der Waals surface area contributed by atoms with Gasteiger partial charge in [0.2, 0.25) is 5.88 Å². The molecule has 144 valence electrons. The highest BCUT2D eigenvalue weighted by molar-refractivity contribution is 5.96. The molecule has 0 radical (unpaired) electrons. The quantitative estimate of drug-likeness (QED) is 0.684. The number of amides is 1. The van der Waals surface area contributed by atoms with Gasteiger partial charge in [-0.15, -0.1) is 5.10 Å². The maximum Gasteiger partial charge on any atom is 0.259 e. The summed E-state index contributed by atoms with van der Waals surface area (Å²) in [4.78, 5) is 18.8. The van der Waals surface area contributed by atoms with Crippen LogP contribution in [0.5, 0.6) is 5.88 Å². The molecule has 7 heteroatoms. The van der Waals surface area contributed by atoms with Gasteiger partial charge in [-0.05, 0) is 30.9 Å². The topological polar surface area (TPSA) is 73.1 Å². The van der Waals surface area contributed by atoms with E-state index in [2.05, 4.69) is 15.3 Å². The van der Waals surface area contributed by atoms with Gasteiger partial charge < -0.3 is 9.64 Å². The van der Waals surface area contributed by atoms with Crippen LogP contribution in [0.3, 0.4) is 0 Å². The number of hydrogen-bond donors (Lipinski definition) is 0. The lowest BCUT2D eigenvalue weighted by atomic mass is 9.96. The van der Waals surface area contributed by atoms with E-state index in [9.17, 15) is 4.79 Å². The van der Waals surface area contributed by atoms with Crippen LogP contribution in [0, 0.1) is 5.92 Å². The maximum absolute atomic E-state index is 12.8. The van der Waals surface area contributed by atoms with Crippen LogP contribution in [-0.2, 0) is 6.54 Å². The van der Waals surface area contributed by atoms with Crippen LogP contribution in [0.25, 0.3) is 11.3 Å². The zero-order valence-electron chi connectivity index (χ0n) is 15.9. The molecule has 1 aliphatic rings. The van der Waals surface area contributed by atoms with Crippen molar-refractivity contribution in [2.24, 2.45) is 5.92 Å². The lowest BCUT2D eigenvalue weighted by Crippen LogP contribution is -2.39. The number of rotatable bonds is 5. The van der Waals surface area contributed by atoms with E-state index in [0.717, 1.165) is 43.7 Å². The summed E-state index contributed by atoms with van der Waals surface area (Å²) in [6.07, 6.45) is 5.50. The van der Waals surface area contributed by atoms with E-state index >= 15 is 0 Å². The number of carbonyl (C=O) groups is 1. The molecular formula is C21H23N5O2. The monoisotopic (exact) mass is 377 g/mol. The fourth-order valence-corrected chi connectivity index (χ4v) is 3.60. The van der Waals surface area contributed by atoms with Crippen molar-refractivity contribution in [1.82, 2.24) is 24.9 Å². The van der Waals surface area contributed by atoms with Gasteiger partial charge in [-0.2, -0.15) is 0 Å². The Morgan fingerprint density at radius 1 is 1.14 bits per heavy atom. The molecule has 3 aromatic rings. The number of hydrogen-bond acceptors (Lipinski definition) is 5. The molecule has 1 aromatic carbocycles. The van der Waals surface area contributed by atoms with E-state index in [1.165, 1.54) is 7.11 Å². The number of piperidine rings is 1. The molecule has 0 saturated carbocycles. The van der Waals surface area contributed by atoms with Gasteiger partial charge in [-0.25, -0.2) is 4.98 Å². The lowest BCUT2D eigenvalue weighted by molar-refractivity contribution is 0.0677. The Labute approximate surface area is 164 Å². The Morgan fingerprint density at radius 2 is 1.93 bits per heavy atom. The van der Waals surface area contributed by atoms with E-state index in [-0.39, 0.29) is 5.91 Å². The van der Waals surface area contributed by atoms with Gasteiger partial charge in [0.15, 0.2) is 0 Å². The van der Waals surface area contributed by atoms with Crippen LogP contribution < -0.4 is 4.74 Å². The van der Waals surface area contributed by atoms with Crippen LogP contribution in [0.1, 0.15) is 23.2 Å². The molecule has 0 bridgehead atoms. The van der Waals surface area contributed by atoms with Crippen LogP contribution in [-0.4, -0.2) is 51.0 Å². The fourth-order valence-electron chi connectivity index (χ4n) is 3.60. The summed E-state index contributed by atoms with van der Waals surface area (Å²) in [5.41, 5.74) is 2.48. The third-order valence-electron chi connectivity index (χ3n) is 5.15. The van der Waals surface area contributed by atoms with E-state index in [1.807, 2.05) is 46.1 Å². The van der Waals surface area contributed by atoms with Crippen LogP contribution in [0.4, 0.5) is 0 Å². The van der Waals surface area contributed by atoms with Crippen molar-refractivity contribution < 1.29 is 9.53 Å². The minimum Gasteiger partial charge on any atom is -0.480 e. The zero-order valence-corrected chi connectivity index (χ0v) is 15.9. The molecule has 0 atom stereocenters. The van der Waals surface area contributed by atoms with Crippen molar-refractivity contribution in [3.8, 4) is 17.1 Å². The number of ether oxygens (including phenoxy) is 1. The van der Waals surface area contributed by atoms with Gasteiger partial charge >= 0.3 is 0 Å².